The molecule has 0 amide bonds. The van der Waals surface area contributed by atoms with Crippen LogP contribution >= 0.6 is 0 Å². The Kier molecular flexibility index (Phi) is 7.49. The molecule has 0 aliphatic rings. The second kappa shape index (κ2) is 6.29. The summed E-state index contributed by atoms with van der Waals surface area (Å²) in [6.45, 7) is 7.51. The van der Waals surface area contributed by atoms with Gasteiger partial charge in [0.2, 0.25) is 0 Å². The Bertz CT molecular complexity index is 118. The summed E-state index contributed by atoms with van der Waals surface area (Å²) < 4.78 is 4.71. The average Bonchev–Trinajstić information content (AvgIpc) is 1.82. The third-order valence-corrected chi connectivity index (χ3v) is 0.786. The molecule has 3 nitrogen and oxygen atoms in total. The first kappa shape index (κ1) is 11.9. The van der Waals surface area contributed by atoms with Gasteiger partial charge < -0.3 is 4.74 Å². The van der Waals surface area contributed by atoms with E-state index >= 15 is 0 Å². The molecule has 0 aromatic heterocycles. The van der Waals surface area contributed by atoms with E-state index in [2.05, 4.69) is 6.58 Å². The van der Waals surface area contributed by atoms with Crippen LogP contribution in [-0.4, -0.2) is 12.6 Å². The van der Waals surface area contributed by atoms with Crippen molar-refractivity contribution in [2.24, 2.45) is 0 Å². The van der Waals surface area contributed by atoms with Gasteiger partial charge in [-0.15, -0.1) is 0 Å². The summed E-state index contributed by atoms with van der Waals surface area (Å²) in [4.78, 5) is 10.6. The minimum Gasteiger partial charge on any atom is -0.462 e. The largest absolute Gasteiger partial charge is 0.462 e. The van der Waals surface area contributed by atoms with Crippen LogP contribution in [0, 0.1) is 0 Å². The van der Waals surface area contributed by atoms with E-state index in [4.69, 9.17) is 4.74 Å². The zero-order valence-electron chi connectivity index (χ0n) is 6.35. The molecule has 0 atom stereocenters. The van der Waals surface area contributed by atoms with E-state index in [1.165, 1.54) is 0 Å². The number of hydrogen-bond donors (Lipinski definition) is 0. The van der Waals surface area contributed by atoms with E-state index in [1.54, 1.807) is 6.92 Å². The maximum absolute atomic E-state index is 10.6. The van der Waals surface area contributed by atoms with Crippen molar-refractivity contribution in [3.8, 4) is 0 Å². The average molecular weight is 144 g/mol. The van der Waals surface area contributed by atoms with E-state index < -0.39 is 0 Å². The molecule has 0 aromatic rings. The van der Waals surface area contributed by atoms with E-state index in [9.17, 15) is 4.79 Å². The molecule has 0 aliphatic carbocycles. The molecule has 0 unspecified atom stereocenters. The monoisotopic (exact) mass is 144 g/mol. The molecule has 0 spiro atoms. The van der Waals surface area contributed by atoms with Crippen molar-refractivity contribution < 1.29 is 15.0 Å². The number of hydrogen-bond acceptors (Lipinski definition) is 2. The van der Waals surface area contributed by atoms with Gasteiger partial charge in [-0.3, -0.25) is 0 Å². The van der Waals surface area contributed by atoms with Crippen LogP contribution in [0.5, 0.6) is 0 Å². The van der Waals surface area contributed by atoms with Crippen molar-refractivity contribution in [1.29, 1.82) is 0 Å². The van der Waals surface area contributed by atoms with Crippen molar-refractivity contribution in [3.05, 3.63) is 12.2 Å². The highest BCUT2D eigenvalue weighted by Gasteiger charge is 1.99. The molecule has 0 saturated heterocycles. The summed E-state index contributed by atoms with van der Waals surface area (Å²) in [6, 6.07) is 0. The molecule has 0 N–H and O–H groups in total. The molecule has 3 heteroatoms. The minimum absolute atomic E-state index is 0. The van der Waals surface area contributed by atoms with Crippen LogP contribution in [0.25, 0.3) is 0 Å². The van der Waals surface area contributed by atoms with Gasteiger partial charge in [0.05, 0.1) is 6.61 Å². The molecule has 0 heterocycles. The van der Waals surface area contributed by atoms with Crippen LogP contribution in [0.4, 0.5) is 0 Å². The fourth-order valence-electron chi connectivity index (χ4n) is 0.318. The summed E-state index contributed by atoms with van der Waals surface area (Å²) in [5.41, 5.74) is 0.462. The zero-order chi connectivity index (χ0) is 7.28. The maximum Gasteiger partial charge on any atom is 0.333 e. The quantitative estimate of drug-likeness (QED) is 0.444. The van der Waals surface area contributed by atoms with Crippen LogP contribution in [0.3, 0.4) is 0 Å². The summed E-state index contributed by atoms with van der Waals surface area (Å²) in [5, 5.41) is 0. The second-order valence-corrected chi connectivity index (χ2v) is 1.92. The molecule has 2 radical (unpaired) electrons. The lowest BCUT2D eigenvalue weighted by Gasteiger charge is -1.99. The lowest BCUT2D eigenvalue weighted by atomic mass is 10.4. The number of carbonyl (C=O) groups is 1. The highest BCUT2D eigenvalue weighted by molar-refractivity contribution is 5.86. The fraction of sp³-hybridized carbons (Fsp3) is 0.571. The molecule has 0 aromatic carbocycles. The first-order chi connectivity index (χ1) is 4.18. The second-order valence-electron chi connectivity index (χ2n) is 1.92. The molecule has 0 rings (SSSR count). The van der Waals surface area contributed by atoms with Gasteiger partial charge in [0.1, 0.15) is 0 Å². The van der Waals surface area contributed by atoms with Crippen molar-refractivity contribution in [3.63, 3.8) is 0 Å². The van der Waals surface area contributed by atoms with Gasteiger partial charge in [-0.05, 0) is 13.3 Å². The number of carbonyl (C=O) groups excluding carboxylic acids is 1. The summed E-state index contributed by atoms with van der Waals surface area (Å²) in [5.74, 6) is -0.295. The third-order valence-electron chi connectivity index (χ3n) is 0.786. The van der Waals surface area contributed by atoms with Gasteiger partial charge in [0.15, 0.2) is 0 Å². The summed E-state index contributed by atoms with van der Waals surface area (Å²) in [7, 11) is 0. The van der Waals surface area contributed by atoms with Crippen LogP contribution < -0.4 is 0 Å². The molecular weight excluding hydrogens is 132 g/mol. The van der Waals surface area contributed by atoms with Crippen LogP contribution in [0.1, 0.15) is 20.3 Å². The predicted octanol–water partition coefficient (Wildman–Crippen LogP) is 1.40. The first-order valence-electron chi connectivity index (χ1n) is 3.01. The third kappa shape index (κ3) is 5.31. The fourth-order valence-corrected chi connectivity index (χ4v) is 0.318. The van der Waals surface area contributed by atoms with E-state index in [0.29, 0.717) is 12.2 Å². The molecule has 0 aliphatic heterocycles. The number of rotatable bonds is 3. The zero-order valence-corrected chi connectivity index (χ0v) is 6.35. The predicted molar refractivity (Wildman–Crippen MR) is 36.8 cm³/mol. The first-order valence-corrected chi connectivity index (χ1v) is 3.01. The van der Waals surface area contributed by atoms with E-state index in [1.807, 2.05) is 6.92 Å². The Balaban J connectivity index is 0. The van der Waals surface area contributed by atoms with E-state index in [-0.39, 0.29) is 11.4 Å². The number of ether oxygens (including phenoxy) is 1. The molecule has 58 valence electrons. The van der Waals surface area contributed by atoms with Gasteiger partial charge in [-0.2, -0.15) is 0 Å². The Morgan fingerprint density at radius 3 is 2.40 bits per heavy atom. The molecule has 0 bridgehead atoms. The lowest BCUT2D eigenvalue weighted by Crippen LogP contribution is -2.04. The molecule has 0 saturated carbocycles. The standard InChI is InChI=1S/C7H12O2.O/c1-4-5-9-7(8)6(2)3;/h2,4-5H2,1,3H3;. The van der Waals surface area contributed by atoms with Gasteiger partial charge in [-0.25, -0.2) is 4.79 Å². The Labute approximate surface area is 61.0 Å². The summed E-state index contributed by atoms with van der Waals surface area (Å²) >= 11 is 0. The highest BCUT2D eigenvalue weighted by Crippen LogP contribution is 1.91. The van der Waals surface area contributed by atoms with Gasteiger partial charge >= 0.3 is 5.97 Å². The van der Waals surface area contributed by atoms with Gasteiger partial charge in [-0.1, -0.05) is 13.5 Å². The Hall–Kier alpha value is -0.830. The topological polar surface area (TPSA) is 54.8 Å². The Morgan fingerprint density at radius 1 is 1.60 bits per heavy atom. The molecule has 0 fully saturated rings. The van der Waals surface area contributed by atoms with Crippen molar-refractivity contribution in [2.45, 2.75) is 20.3 Å². The number of esters is 1. The van der Waals surface area contributed by atoms with Crippen molar-refractivity contribution in [1.82, 2.24) is 0 Å². The van der Waals surface area contributed by atoms with Gasteiger partial charge in [0, 0.05) is 11.0 Å². The van der Waals surface area contributed by atoms with Crippen LogP contribution in [0.2, 0.25) is 0 Å². The van der Waals surface area contributed by atoms with Crippen molar-refractivity contribution >= 4 is 5.97 Å². The van der Waals surface area contributed by atoms with Crippen molar-refractivity contribution in [2.75, 3.05) is 6.61 Å². The van der Waals surface area contributed by atoms with E-state index in [0.717, 1.165) is 6.42 Å². The SMILES string of the molecule is C=C(C)C(=O)OCCC.[O]. The van der Waals surface area contributed by atoms with Crippen LogP contribution in [0.15, 0.2) is 12.2 Å². The summed E-state index contributed by atoms with van der Waals surface area (Å²) in [6.07, 6.45) is 0.860. The molecular formula is C7H12O3. The van der Waals surface area contributed by atoms with Crippen LogP contribution in [-0.2, 0) is 15.0 Å². The normalized spacial score (nSPS) is 7.80. The van der Waals surface area contributed by atoms with Gasteiger partial charge in [0.25, 0.3) is 0 Å². The highest BCUT2D eigenvalue weighted by atomic mass is 16.5. The minimum atomic E-state index is -0.295. The lowest BCUT2D eigenvalue weighted by molar-refractivity contribution is -0.138. The Morgan fingerprint density at radius 2 is 2.10 bits per heavy atom. The maximum atomic E-state index is 10.6. The molecule has 10 heavy (non-hydrogen) atoms. The smallest absolute Gasteiger partial charge is 0.333 e.